The number of carbonyl (C=O) groups excluding carboxylic acids is 1. The summed E-state index contributed by atoms with van der Waals surface area (Å²) in [5.41, 5.74) is 6.95. The number of hydrogen-bond acceptors (Lipinski definition) is 2. The molecule has 0 bridgehead atoms. The van der Waals surface area contributed by atoms with Gasteiger partial charge in [0, 0.05) is 15.6 Å². The molecule has 1 amide bonds. The van der Waals surface area contributed by atoms with Gasteiger partial charge >= 0.3 is 0 Å². The zero-order valence-electron chi connectivity index (χ0n) is 14.9. The van der Waals surface area contributed by atoms with E-state index in [4.69, 9.17) is 0 Å². The number of allylic oxidation sites excluding steroid dienone is 1. The number of hydrazone groups is 1. The van der Waals surface area contributed by atoms with Gasteiger partial charge in [0.15, 0.2) is 0 Å². The second kappa shape index (κ2) is 9.10. The van der Waals surface area contributed by atoms with E-state index in [0.29, 0.717) is 11.3 Å². The summed E-state index contributed by atoms with van der Waals surface area (Å²) in [5.74, 6) is -0.253. The highest BCUT2D eigenvalue weighted by Crippen LogP contribution is 2.17. The average molecular weight is 419 g/mol. The lowest BCUT2D eigenvalue weighted by atomic mass is 10.1. The van der Waals surface area contributed by atoms with E-state index in [2.05, 4.69) is 26.5 Å². The smallest absolute Gasteiger partial charge is 0.267 e. The van der Waals surface area contributed by atoms with Crippen LogP contribution in [-0.2, 0) is 0 Å². The highest BCUT2D eigenvalue weighted by Gasteiger charge is 2.07. The summed E-state index contributed by atoms with van der Waals surface area (Å²) in [4.78, 5) is 12.5. The molecule has 0 fully saturated rings. The van der Waals surface area contributed by atoms with E-state index >= 15 is 0 Å². The predicted octanol–water partition coefficient (Wildman–Crippen LogP) is 5.61. The quantitative estimate of drug-likeness (QED) is 0.424. The lowest BCUT2D eigenvalue weighted by Gasteiger charge is -2.05. The van der Waals surface area contributed by atoms with Crippen molar-refractivity contribution in [1.82, 2.24) is 5.43 Å². The summed E-state index contributed by atoms with van der Waals surface area (Å²) in [7, 11) is 0. The molecule has 0 aliphatic heterocycles. The van der Waals surface area contributed by atoms with Gasteiger partial charge in [0.1, 0.15) is 0 Å². The molecule has 3 aromatic rings. The summed E-state index contributed by atoms with van der Waals surface area (Å²) in [5, 5.41) is 4.35. The van der Waals surface area contributed by atoms with Gasteiger partial charge < -0.3 is 0 Å². The first kappa shape index (κ1) is 18.8. The fraction of sp³-hybridized carbons (Fsp3) is 0.0435. The van der Waals surface area contributed by atoms with Crippen molar-refractivity contribution in [1.29, 1.82) is 0 Å². The molecule has 27 heavy (non-hydrogen) atoms. The molecule has 134 valence electrons. The van der Waals surface area contributed by atoms with Crippen molar-refractivity contribution < 1.29 is 4.79 Å². The van der Waals surface area contributed by atoms with Gasteiger partial charge in [0.25, 0.3) is 5.91 Å². The van der Waals surface area contributed by atoms with Crippen molar-refractivity contribution in [3.63, 3.8) is 0 Å². The number of nitrogens with zero attached hydrogens (tertiary/aromatic N) is 1. The molecule has 4 heteroatoms. The molecule has 0 aliphatic carbocycles. The number of halogens is 1. The Morgan fingerprint density at radius 2 is 1.59 bits per heavy atom. The third-order valence-electron chi connectivity index (χ3n) is 4.01. The van der Waals surface area contributed by atoms with Crippen LogP contribution in [0.15, 0.2) is 94.5 Å². The molecule has 0 saturated heterocycles. The summed E-state index contributed by atoms with van der Waals surface area (Å²) < 4.78 is 0.895. The molecule has 0 aliphatic rings. The molecule has 0 radical (unpaired) electrons. The van der Waals surface area contributed by atoms with Crippen LogP contribution in [0.5, 0.6) is 0 Å². The van der Waals surface area contributed by atoms with Crippen LogP contribution in [0, 0.1) is 6.92 Å². The zero-order valence-corrected chi connectivity index (χ0v) is 16.5. The number of nitrogens with one attached hydrogen (secondary N) is 1. The van der Waals surface area contributed by atoms with E-state index in [-0.39, 0.29) is 5.91 Å². The van der Waals surface area contributed by atoms with Crippen LogP contribution < -0.4 is 5.43 Å². The first-order valence-electron chi connectivity index (χ1n) is 8.56. The van der Waals surface area contributed by atoms with Crippen molar-refractivity contribution in [2.45, 2.75) is 6.92 Å². The maximum absolute atomic E-state index is 12.5. The van der Waals surface area contributed by atoms with Crippen molar-refractivity contribution >= 4 is 33.6 Å². The van der Waals surface area contributed by atoms with E-state index < -0.39 is 0 Å². The molecule has 0 atom stereocenters. The molecule has 1 N–H and O–H groups in total. The third kappa shape index (κ3) is 5.25. The van der Waals surface area contributed by atoms with Gasteiger partial charge in [-0.05, 0) is 36.3 Å². The van der Waals surface area contributed by atoms with Crippen LogP contribution >= 0.6 is 15.9 Å². The number of hydrogen-bond donors (Lipinski definition) is 1. The highest BCUT2D eigenvalue weighted by atomic mass is 79.9. The third-order valence-corrected chi connectivity index (χ3v) is 4.87. The molecule has 0 heterocycles. The van der Waals surface area contributed by atoms with E-state index in [9.17, 15) is 4.79 Å². The van der Waals surface area contributed by atoms with E-state index in [1.165, 1.54) is 0 Å². The molecule has 0 aromatic heterocycles. The van der Waals surface area contributed by atoms with Crippen LogP contribution in [-0.4, -0.2) is 11.6 Å². The largest absolute Gasteiger partial charge is 0.271 e. The topological polar surface area (TPSA) is 41.5 Å². The summed E-state index contributed by atoms with van der Waals surface area (Å²) >= 11 is 3.45. The molecule has 3 rings (SSSR count). The van der Waals surface area contributed by atoms with Crippen LogP contribution in [0.1, 0.15) is 27.0 Å². The Labute approximate surface area is 167 Å². The Morgan fingerprint density at radius 3 is 2.26 bits per heavy atom. The van der Waals surface area contributed by atoms with Crippen LogP contribution in [0.25, 0.3) is 6.08 Å². The van der Waals surface area contributed by atoms with Gasteiger partial charge in [-0.2, -0.15) is 5.10 Å². The van der Waals surface area contributed by atoms with Crippen LogP contribution in [0.4, 0.5) is 0 Å². The predicted molar refractivity (Wildman–Crippen MR) is 115 cm³/mol. The summed E-state index contributed by atoms with van der Waals surface area (Å²) in [6.07, 6.45) is 3.87. The molecule has 0 spiro atoms. The van der Waals surface area contributed by atoms with Gasteiger partial charge in [-0.1, -0.05) is 88.7 Å². The average Bonchev–Trinajstić information content (AvgIpc) is 2.71. The normalized spacial score (nSPS) is 11.6. The number of benzene rings is 3. The minimum absolute atomic E-state index is 0.253. The maximum Gasteiger partial charge on any atom is 0.271 e. The van der Waals surface area contributed by atoms with Crippen LogP contribution in [0.2, 0.25) is 0 Å². The SMILES string of the molecule is Cc1ccc(C(=O)N/N=C(/C=C/c2ccccc2)c2ccccc2)cc1Br. The monoisotopic (exact) mass is 418 g/mol. The van der Waals surface area contributed by atoms with Crippen LogP contribution in [0.3, 0.4) is 0 Å². The second-order valence-corrected chi connectivity index (χ2v) is 6.87. The number of rotatable bonds is 5. The van der Waals surface area contributed by atoms with Crippen molar-refractivity contribution in [2.75, 3.05) is 0 Å². The minimum Gasteiger partial charge on any atom is -0.267 e. The molecule has 3 nitrogen and oxygen atoms in total. The Morgan fingerprint density at radius 1 is 0.926 bits per heavy atom. The van der Waals surface area contributed by atoms with Gasteiger partial charge in [-0.25, -0.2) is 5.43 Å². The minimum atomic E-state index is -0.253. The maximum atomic E-state index is 12.5. The summed E-state index contributed by atoms with van der Waals surface area (Å²) in [6, 6.07) is 25.2. The van der Waals surface area contributed by atoms with E-state index in [0.717, 1.165) is 21.2 Å². The Hall–Kier alpha value is -2.98. The fourth-order valence-electron chi connectivity index (χ4n) is 2.46. The lowest BCUT2D eigenvalue weighted by Crippen LogP contribution is -2.19. The number of carbonyl (C=O) groups is 1. The standard InChI is InChI=1S/C23H19BrN2O/c1-17-12-14-20(16-21(17)24)23(27)26-25-22(19-10-6-3-7-11-19)15-13-18-8-4-2-5-9-18/h2-16H,1H3,(H,26,27)/b15-13+,25-22-. The number of aryl methyl sites for hydroxylation is 1. The summed E-state index contributed by atoms with van der Waals surface area (Å²) in [6.45, 7) is 1.98. The van der Waals surface area contributed by atoms with Crippen molar-refractivity contribution in [2.24, 2.45) is 5.10 Å². The highest BCUT2D eigenvalue weighted by molar-refractivity contribution is 9.10. The number of amides is 1. The van der Waals surface area contributed by atoms with E-state index in [1.54, 1.807) is 12.1 Å². The van der Waals surface area contributed by atoms with Crippen molar-refractivity contribution in [3.8, 4) is 0 Å². The molecular weight excluding hydrogens is 400 g/mol. The van der Waals surface area contributed by atoms with Gasteiger partial charge in [-0.15, -0.1) is 0 Å². The Kier molecular flexibility index (Phi) is 6.34. The fourth-order valence-corrected chi connectivity index (χ4v) is 2.83. The van der Waals surface area contributed by atoms with Gasteiger partial charge in [0.2, 0.25) is 0 Å². The van der Waals surface area contributed by atoms with Gasteiger partial charge in [-0.3, -0.25) is 4.79 Å². The zero-order chi connectivity index (χ0) is 19.1. The molecule has 3 aromatic carbocycles. The second-order valence-electron chi connectivity index (χ2n) is 6.01. The molecular formula is C23H19BrN2O. The Bertz CT molecular complexity index is 980. The van der Waals surface area contributed by atoms with E-state index in [1.807, 2.05) is 85.8 Å². The lowest BCUT2D eigenvalue weighted by molar-refractivity contribution is 0.0955. The first-order valence-corrected chi connectivity index (χ1v) is 9.35. The Balaban J connectivity index is 1.84. The van der Waals surface area contributed by atoms with Gasteiger partial charge in [0.05, 0.1) is 5.71 Å². The molecule has 0 unspecified atom stereocenters. The van der Waals surface area contributed by atoms with Crippen molar-refractivity contribution in [3.05, 3.63) is 112 Å². The first-order chi connectivity index (χ1) is 13.1. The molecule has 0 saturated carbocycles.